The highest BCUT2D eigenvalue weighted by Crippen LogP contribution is 2.42. The molecule has 2 heterocycles. The first-order chi connectivity index (χ1) is 13.7. The third-order valence-corrected chi connectivity index (χ3v) is 6.13. The van der Waals surface area contributed by atoms with Crippen LogP contribution >= 0.6 is 0 Å². The SMILES string of the molecule is COc1ccc(C2(C(=O)N[C@H]3CCCN(c4ncccn4)C3)CCCC2)cc1. The van der Waals surface area contributed by atoms with E-state index in [1.165, 1.54) is 0 Å². The summed E-state index contributed by atoms with van der Waals surface area (Å²) in [7, 11) is 1.67. The van der Waals surface area contributed by atoms with Crippen molar-refractivity contribution in [2.24, 2.45) is 0 Å². The maximum absolute atomic E-state index is 13.4. The Labute approximate surface area is 166 Å². The monoisotopic (exact) mass is 380 g/mol. The fourth-order valence-corrected chi connectivity index (χ4v) is 4.59. The molecule has 1 aliphatic carbocycles. The molecule has 0 radical (unpaired) electrons. The molecule has 1 aromatic carbocycles. The highest BCUT2D eigenvalue weighted by Gasteiger charge is 2.43. The molecule has 2 aliphatic rings. The van der Waals surface area contributed by atoms with Crippen molar-refractivity contribution in [2.75, 3.05) is 25.1 Å². The van der Waals surface area contributed by atoms with Gasteiger partial charge in [0.1, 0.15) is 5.75 Å². The van der Waals surface area contributed by atoms with Crippen LogP contribution in [0.1, 0.15) is 44.1 Å². The fraction of sp³-hybridized carbons (Fsp3) is 0.500. The average Bonchev–Trinajstić information content (AvgIpc) is 3.26. The van der Waals surface area contributed by atoms with E-state index < -0.39 is 5.41 Å². The van der Waals surface area contributed by atoms with E-state index in [9.17, 15) is 4.79 Å². The van der Waals surface area contributed by atoms with Gasteiger partial charge in [-0.2, -0.15) is 0 Å². The zero-order chi connectivity index (χ0) is 19.4. The third-order valence-electron chi connectivity index (χ3n) is 6.13. The Kier molecular flexibility index (Phi) is 5.46. The summed E-state index contributed by atoms with van der Waals surface area (Å²) in [5, 5.41) is 3.36. The van der Waals surface area contributed by atoms with Crippen LogP contribution in [0.3, 0.4) is 0 Å². The zero-order valence-corrected chi connectivity index (χ0v) is 16.4. The number of anilines is 1. The van der Waals surface area contributed by atoms with Crippen molar-refractivity contribution < 1.29 is 9.53 Å². The molecule has 0 spiro atoms. The lowest BCUT2D eigenvalue weighted by molar-refractivity contribution is -0.127. The van der Waals surface area contributed by atoms with E-state index in [2.05, 4.69) is 32.3 Å². The van der Waals surface area contributed by atoms with Gasteiger partial charge in [0.15, 0.2) is 0 Å². The van der Waals surface area contributed by atoms with E-state index in [4.69, 9.17) is 4.74 Å². The number of nitrogens with one attached hydrogen (secondary N) is 1. The van der Waals surface area contributed by atoms with Crippen LogP contribution < -0.4 is 15.0 Å². The minimum Gasteiger partial charge on any atom is -0.497 e. The molecule has 1 saturated carbocycles. The summed E-state index contributed by atoms with van der Waals surface area (Å²) < 4.78 is 5.28. The van der Waals surface area contributed by atoms with Crippen LogP contribution in [-0.4, -0.2) is 42.1 Å². The summed E-state index contributed by atoms with van der Waals surface area (Å²) in [6.45, 7) is 1.69. The number of ether oxygens (including phenoxy) is 1. The maximum atomic E-state index is 13.4. The number of carbonyl (C=O) groups excluding carboxylic acids is 1. The summed E-state index contributed by atoms with van der Waals surface area (Å²) in [4.78, 5) is 24.3. The van der Waals surface area contributed by atoms with Crippen LogP contribution in [0.15, 0.2) is 42.7 Å². The van der Waals surface area contributed by atoms with Gasteiger partial charge in [-0.25, -0.2) is 9.97 Å². The van der Waals surface area contributed by atoms with Gasteiger partial charge in [0.2, 0.25) is 11.9 Å². The Morgan fingerprint density at radius 3 is 2.54 bits per heavy atom. The Hall–Kier alpha value is -2.63. The van der Waals surface area contributed by atoms with E-state index in [1.54, 1.807) is 19.5 Å². The van der Waals surface area contributed by atoms with Crippen LogP contribution in [0.25, 0.3) is 0 Å². The van der Waals surface area contributed by atoms with Gasteiger partial charge >= 0.3 is 0 Å². The van der Waals surface area contributed by atoms with Gasteiger partial charge in [0.25, 0.3) is 0 Å². The molecule has 1 amide bonds. The molecule has 148 valence electrons. The number of hydrogen-bond donors (Lipinski definition) is 1. The number of methoxy groups -OCH3 is 1. The molecule has 2 aromatic rings. The number of aromatic nitrogens is 2. The summed E-state index contributed by atoms with van der Waals surface area (Å²) in [5.41, 5.74) is 0.681. The topological polar surface area (TPSA) is 67.3 Å². The molecule has 6 nitrogen and oxygen atoms in total. The molecule has 0 bridgehead atoms. The van der Waals surface area contributed by atoms with Crippen LogP contribution in [0.4, 0.5) is 5.95 Å². The van der Waals surface area contributed by atoms with Gasteiger partial charge in [-0.15, -0.1) is 0 Å². The van der Waals surface area contributed by atoms with E-state index in [0.717, 1.165) is 68.9 Å². The van der Waals surface area contributed by atoms with Gasteiger partial charge in [-0.1, -0.05) is 25.0 Å². The van der Waals surface area contributed by atoms with E-state index in [1.807, 2.05) is 18.2 Å². The molecule has 1 aromatic heterocycles. The van der Waals surface area contributed by atoms with Crippen molar-refractivity contribution in [1.29, 1.82) is 0 Å². The van der Waals surface area contributed by atoms with Crippen molar-refractivity contribution in [3.63, 3.8) is 0 Å². The Balaban J connectivity index is 1.48. The molecular formula is C22H28N4O2. The number of benzene rings is 1. The zero-order valence-electron chi connectivity index (χ0n) is 16.4. The third kappa shape index (κ3) is 3.68. The second-order valence-electron chi connectivity index (χ2n) is 7.83. The number of carbonyl (C=O) groups is 1. The molecule has 2 fully saturated rings. The van der Waals surface area contributed by atoms with E-state index >= 15 is 0 Å². The summed E-state index contributed by atoms with van der Waals surface area (Å²) in [5.74, 6) is 1.73. The van der Waals surface area contributed by atoms with Gasteiger partial charge in [-0.3, -0.25) is 4.79 Å². The molecule has 1 aliphatic heterocycles. The lowest BCUT2D eigenvalue weighted by Gasteiger charge is -2.36. The van der Waals surface area contributed by atoms with Crippen LogP contribution in [0.5, 0.6) is 5.75 Å². The highest BCUT2D eigenvalue weighted by molar-refractivity contribution is 5.89. The number of piperidine rings is 1. The summed E-state index contributed by atoms with van der Waals surface area (Å²) >= 11 is 0. The standard InChI is InChI=1S/C22H28N4O2/c1-28-19-9-7-17(8-10-19)22(11-2-3-12-22)20(27)25-18-6-4-15-26(16-18)21-23-13-5-14-24-21/h5,7-10,13-14,18H,2-4,6,11-12,15-16H2,1H3,(H,25,27)/t18-/m0/s1. The maximum Gasteiger partial charge on any atom is 0.230 e. The van der Waals surface area contributed by atoms with Crippen molar-refractivity contribution in [3.8, 4) is 5.75 Å². The molecular weight excluding hydrogens is 352 g/mol. The van der Waals surface area contributed by atoms with Gasteiger partial charge in [0, 0.05) is 31.5 Å². The largest absolute Gasteiger partial charge is 0.497 e. The molecule has 0 unspecified atom stereocenters. The lowest BCUT2D eigenvalue weighted by Crippen LogP contribution is -2.53. The smallest absolute Gasteiger partial charge is 0.230 e. The number of rotatable bonds is 5. The van der Waals surface area contributed by atoms with Crippen molar-refractivity contribution in [1.82, 2.24) is 15.3 Å². The molecule has 1 N–H and O–H groups in total. The van der Waals surface area contributed by atoms with Crippen molar-refractivity contribution in [3.05, 3.63) is 48.3 Å². The molecule has 28 heavy (non-hydrogen) atoms. The fourth-order valence-electron chi connectivity index (χ4n) is 4.59. The van der Waals surface area contributed by atoms with Gasteiger partial charge < -0.3 is 15.0 Å². The number of nitrogens with zero attached hydrogens (tertiary/aromatic N) is 3. The van der Waals surface area contributed by atoms with E-state index in [0.29, 0.717) is 0 Å². The second kappa shape index (κ2) is 8.17. The summed E-state index contributed by atoms with van der Waals surface area (Å²) in [6.07, 6.45) is 9.55. The van der Waals surface area contributed by atoms with Crippen molar-refractivity contribution >= 4 is 11.9 Å². The number of amides is 1. The van der Waals surface area contributed by atoms with E-state index in [-0.39, 0.29) is 11.9 Å². The first-order valence-corrected chi connectivity index (χ1v) is 10.2. The predicted octanol–water partition coefficient (Wildman–Crippen LogP) is 3.08. The molecule has 1 atom stereocenters. The quantitative estimate of drug-likeness (QED) is 0.863. The average molecular weight is 380 g/mol. The minimum atomic E-state index is -0.419. The van der Waals surface area contributed by atoms with Crippen LogP contribution in [0.2, 0.25) is 0 Å². The first kappa shape index (κ1) is 18.7. The summed E-state index contributed by atoms with van der Waals surface area (Å²) in [6, 6.07) is 9.96. The number of hydrogen-bond acceptors (Lipinski definition) is 5. The highest BCUT2D eigenvalue weighted by atomic mass is 16.5. The first-order valence-electron chi connectivity index (χ1n) is 10.2. The normalized spacial score (nSPS) is 21.3. The lowest BCUT2D eigenvalue weighted by atomic mass is 9.77. The predicted molar refractivity (Wildman–Crippen MR) is 109 cm³/mol. The Bertz CT molecular complexity index is 788. The Morgan fingerprint density at radius 2 is 1.86 bits per heavy atom. The minimum absolute atomic E-state index is 0.126. The van der Waals surface area contributed by atoms with Crippen LogP contribution in [-0.2, 0) is 10.2 Å². The van der Waals surface area contributed by atoms with Gasteiger partial charge in [-0.05, 0) is 49.4 Å². The Morgan fingerprint density at radius 1 is 1.14 bits per heavy atom. The van der Waals surface area contributed by atoms with Crippen molar-refractivity contribution in [2.45, 2.75) is 50.0 Å². The van der Waals surface area contributed by atoms with Gasteiger partial charge in [0.05, 0.1) is 12.5 Å². The van der Waals surface area contributed by atoms with Crippen LogP contribution in [0, 0.1) is 0 Å². The molecule has 1 saturated heterocycles. The molecule has 6 heteroatoms. The molecule has 4 rings (SSSR count). The second-order valence-corrected chi connectivity index (χ2v) is 7.83.